The van der Waals surface area contributed by atoms with Crippen LogP contribution in [0.2, 0.25) is 0 Å². The first-order chi connectivity index (χ1) is 8.38. The first-order valence-corrected chi connectivity index (χ1v) is 5.95. The maximum Gasteiger partial charge on any atom is 0.0344 e. The SMILES string of the molecule is CNc1ccc2c(c1)=C1CC=CC=C1C=CC=2. The van der Waals surface area contributed by atoms with Gasteiger partial charge in [0.15, 0.2) is 0 Å². The molecule has 0 fully saturated rings. The summed E-state index contributed by atoms with van der Waals surface area (Å²) in [5.74, 6) is 0. The second kappa shape index (κ2) is 4.10. The van der Waals surface area contributed by atoms with Gasteiger partial charge in [0.25, 0.3) is 0 Å². The number of benzene rings is 1. The van der Waals surface area contributed by atoms with Gasteiger partial charge in [0.05, 0.1) is 0 Å². The first-order valence-electron chi connectivity index (χ1n) is 5.95. The normalized spacial score (nSPS) is 16.5. The van der Waals surface area contributed by atoms with Crippen LogP contribution in [-0.4, -0.2) is 7.05 Å². The van der Waals surface area contributed by atoms with Crippen molar-refractivity contribution in [3.63, 3.8) is 0 Å². The Morgan fingerprint density at radius 1 is 1.12 bits per heavy atom. The maximum atomic E-state index is 3.21. The molecular formula is C16H15N. The number of rotatable bonds is 1. The van der Waals surface area contributed by atoms with Crippen molar-refractivity contribution in [2.24, 2.45) is 0 Å². The minimum atomic E-state index is 1.02. The van der Waals surface area contributed by atoms with Crippen molar-refractivity contribution in [3.05, 3.63) is 64.6 Å². The minimum Gasteiger partial charge on any atom is -0.388 e. The molecule has 1 aromatic rings. The van der Waals surface area contributed by atoms with Crippen molar-refractivity contribution in [2.75, 3.05) is 12.4 Å². The summed E-state index contributed by atoms with van der Waals surface area (Å²) < 4.78 is 0. The predicted octanol–water partition coefficient (Wildman–Crippen LogP) is 2.12. The van der Waals surface area contributed by atoms with Gasteiger partial charge in [0, 0.05) is 12.7 Å². The van der Waals surface area contributed by atoms with Crippen molar-refractivity contribution >= 4 is 17.3 Å². The van der Waals surface area contributed by atoms with E-state index in [1.165, 1.54) is 27.3 Å². The van der Waals surface area contributed by atoms with Crippen LogP contribution in [0.4, 0.5) is 5.69 Å². The lowest BCUT2D eigenvalue weighted by molar-refractivity contribution is 1.32. The highest BCUT2D eigenvalue weighted by Gasteiger charge is 2.07. The van der Waals surface area contributed by atoms with Crippen LogP contribution in [0.5, 0.6) is 0 Å². The van der Waals surface area contributed by atoms with Crippen molar-refractivity contribution < 1.29 is 0 Å². The van der Waals surface area contributed by atoms with Gasteiger partial charge < -0.3 is 5.32 Å². The topological polar surface area (TPSA) is 12.0 Å². The number of anilines is 1. The molecule has 0 radical (unpaired) electrons. The standard InChI is InChI=1S/C16H15N/c1-17-14-10-9-13-7-4-6-12-5-2-3-8-15(12)16(13)11-14/h2-7,9-11,17H,8H2,1H3. The molecular weight excluding hydrogens is 206 g/mol. The molecule has 1 N–H and O–H groups in total. The van der Waals surface area contributed by atoms with E-state index in [4.69, 9.17) is 0 Å². The van der Waals surface area contributed by atoms with E-state index in [0.717, 1.165) is 6.42 Å². The molecule has 0 amide bonds. The van der Waals surface area contributed by atoms with Crippen LogP contribution >= 0.6 is 0 Å². The summed E-state index contributed by atoms with van der Waals surface area (Å²) in [6.45, 7) is 0. The molecule has 0 atom stereocenters. The second-order valence-corrected chi connectivity index (χ2v) is 4.31. The predicted molar refractivity (Wildman–Crippen MR) is 74.1 cm³/mol. The van der Waals surface area contributed by atoms with Gasteiger partial charge in [-0.3, -0.25) is 0 Å². The highest BCUT2D eigenvalue weighted by atomic mass is 14.8. The summed E-state index contributed by atoms with van der Waals surface area (Å²) in [6.07, 6.45) is 14.1. The molecule has 0 heterocycles. The quantitative estimate of drug-likeness (QED) is 0.766. The van der Waals surface area contributed by atoms with E-state index in [0.29, 0.717) is 0 Å². The summed E-state index contributed by atoms with van der Waals surface area (Å²) in [5.41, 5.74) is 3.92. The molecule has 3 rings (SSSR count). The first kappa shape index (κ1) is 10.2. The number of nitrogens with one attached hydrogen (secondary N) is 1. The minimum absolute atomic E-state index is 1.02. The Labute approximate surface area is 101 Å². The van der Waals surface area contributed by atoms with Crippen LogP contribution in [-0.2, 0) is 0 Å². The molecule has 0 saturated carbocycles. The number of allylic oxidation sites excluding steroid dienone is 6. The van der Waals surface area contributed by atoms with Gasteiger partial charge in [-0.15, -0.1) is 0 Å². The molecule has 0 aliphatic heterocycles. The monoisotopic (exact) mass is 221 g/mol. The Kier molecular flexibility index (Phi) is 2.45. The largest absolute Gasteiger partial charge is 0.388 e. The Morgan fingerprint density at radius 2 is 2.06 bits per heavy atom. The zero-order chi connectivity index (χ0) is 11.7. The van der Waals surface area contributed by atoms with Crippen LogP contribution in [0.15, 0.2) is 54.2 Å². The zero-order valence-corrected chi connectivity index (χ0v) is 9.90. The highest BCUT2D eigenvalue weighted by Crippen LogP contribution is 2.21. The van der Waals surface area contributed by atoms with Crippen molar-refractivity contribution in [1.82, 2.24) is 0 Å². The molecule has 0 saturated heterocycles. The Bertz CT molecular complexity index is 657. The molecule has 17 heavy (non-hydrogen) atoms. The van der Waals surface area contributed by atoms with E-state index in [2.05, 4.69) is 60.0 Å². The van der Waals surface area contributed by atoms with Crippen LogP contribution in [0.25, 0.3) is 11.6 Å². The van der Waals surface area contributed by atoms with Crippen LogP contribution in [0, 0.1) is 0 Å². The van der Waals surface area contributed by atoms with Crippen LogP contribution < -0.4 is 15.8 Å². The smallest absolute Gasteiger partial charge is 0.0344 e. The lowest BCUT2D eigenvalue weighted by Gasteiger charge is -2.10. The molecule has 0 unspecified atom stereocenters. The fourth-order valence-corrected chi connectivity index (χ4v) is 2.37. The third-order valence-electron chi connectivity index (χ3n) is 3.30. The van der Waals surface area contributed by atoms with E-state index in [1.54, 1.807) is 0 Å². The summed E-state index contributed by atoms with van der Waals surface area (Å²) in [4.78, 5) is 0. The van der Waals surface area contributed by atoms with Crippen LogP contribution in [0.3, 0.4) is 0 Å². The molecule has 2 aliphatic rings. The lowest BCUT2D eigenvalue weighted by Crippen LogP contribution is -2.27. The highest BCUT2D eigenvalue weighted by molar-refractivity contribution is 5.75. The fourth-order valence-electron chi connectivity index (χ4n) is 2.37. The van der Waals surface area contributed by atoms with Crippen molar-refractivity contribution in [1.29, 1.82) is 0 Å². The summed E-state index contributed by atoms with van der Waals surface area (Å²) in [6, 6.07) is 6.54. The molecule has 1 nitrogen and oxygen atoms in total. The summed E-state index contributed by atoms with van der Waals surface area (Å²) in [7, 11) is 1.96. The number of hydrogen-bond acceptors (Lipinski definition) is 1. The molecule has 0 bridgehead atoms. The number of fused-ring (bicyclic) bond motifs is 2. The van der Waals surface area contributed by atoms with Crippen LogP contribution in [0.1, 0.15) is 6.42 Å². The fraction of sp³-hybridized carbons (Fsp3) is 0.125. The summed E-state index contributed by atoms with van der Waals surface area (Å²) in [5, 5.41) is 5.85. The molecule has 0 spiro atoms. The van der Waals surface area contributed by atoms with Gasteiger partial charge in [-0.05, 0) is 40.1 Å². The third-order valence-corrected chi connectivity index (χ3v) is 3.30. The van der Waals surface area contributed by atoms with E-state index in [9.17, 15) is 0 Å². The second-order valence-electron chi connectivity index (χ2n) is 4.31. The zero-order valence-electron chi connectivity index (χ0n) is 9.90. The Morgan fingerprint density at radius 3 is 2.94 bits per heavy atom. The van der Waals surface area contributed by atoms with Gasteiger partial charge in [0.2, 0.25) is 0 Å². The Hall–Kier alpha value is -2.02. The van der Waals surface area contributed by atoms with Gasteiger partial charge in [-0.1, -0.05) is 42.5 Å². The van der Waals surface area contributed by atoms with Crippen molar-refractivity contribution in [3.8, 4) is 0 Å². The maximum absolute atomic E-state index is 3.21. The van der Waals surface area contributed by atoms with Gasteiger partial charge in [0.1, 0.15) is 0 Å². The molecule has 1 heteroatoms. The van der Waals surface area contributed by atoms with E-state index < -0.39 is 0 Å². The van der Waals surface area contributed by atoms with Gasteiger partial charge in [-0.25, -0.2) is 0 Å². The van der Waals surface area contributed by atoms with E-state index in [-0.39, 0.29) is 0 Å². The third kappa shape index (κ3) is 1.74. The molecule has 0 aromatic heterocycles. The summed E-state index contributed by atoms with van der Waals surface area (Å²) >= 11 is 0. The van der Waals surface area contributed by atoms with E-state index in [1.807, 2.05) is 7.05 Å². The van der Waals surface area contributed by atoms with Gasteiger partial charge in [-0.2, -0.15) is 0 Å². The molecule has 2 aliphatic carbocycles. The molecule has 1 aromatic carbocycles. The lowest BCUT2D eigenvalue weighted by atomic mass is 9.95. The average molecular weight is 221 g/mol. The van der Waals surface area contributed by atoms with Gasteiger partial charge >= 0.3 is 0 Å². The average Bonchev–Trinajstić information content (AvgIpc) is 2.57. The van der Waals surface area contributed by atoms with Crippen molar-refractivity contribution in [2.45, 2.75) is 6.42 Å². The van der Waals surface area contributed by atoms with E-state index >= 15 is 0 Å². The number of hydrogen-bond donors (Lipinski definition) is 1. The molecule has 84 valence electrons. The Balaban J connectivity index is 2.38.